The molecule has 0 unspecified atom stereocenters. The lowest BCUT2D eigenvalue weighted by Crippen LogP contribution is -2.28. The first-order valence-electron chi connectivity index (χ1n) is 9.19. The number of amides is 2. The minimum absolute atomic E-state index is 0.0940. The van der Waals surface area contributed by atoms with Crippen LogP contribution in [0, 0.1) is 0 Å². The van der Waals surface area contributed by atoms with E-state index in [2.05, 4.69) is 15.5 Å². The van der Waals surface area contributed by atoms with E-state index in [1.807, 2.05) is 5.32 Å². The topological polar surface area (TPSA) is 113 Å². The van der Waals surface area contributed by atoms with Crippen LogP contribution in [0.4, 0.5) is 18.9 Å². The van der Waals surface area contributed by atoms with Gasteiger partial charge in [0.15, 0.2) is 12.3 Å². The van der Waals surface area contributed by atoms with E-state index in [9.17, 15) is 27.6 Å². The van der Waals surface area contributed by atoms with Crippen molar-refractivity contribution in [2.75, 3.05) is 18.5 Å². The number of anilines is 1. The van der Waals surface area contributed by atoms with Gasteiger partial charge in [0.2, 0.25) is 0 Å². The summed E-state index contributed by atoms with van der Waals surface area (Å²) in [4.78, 5) is 35.9. The molecule has 2 amide bonds. The lowest BCUT2D eigenvalue weighted by molar-refractivity contribution is -0.147. The number of esters is 1. The van der Waals surface area contributed by atoms with Gasteiger partial charge in [0.05, 0.1) is 28.2 Å². The summed E-state index contributed by atoms with van der Waals surface area (Å²) < 4.78 is 43.9. The van der Waals surface area contributed by atoms with Gasteiger partial charge in [-0.2, -0.15) is 18.3 Å². The second-order valence-corrected chi connectivity index (χ2v) is 6.90. The molecule has 3 N–H and O–H groups in total. The monoisotopic (exact) mass is 468 g/mol. The Hall–Kier alpha value is -3.60. The molecule has 32 heavy (non-hydrogen) atoms. The third-order valence-corrected chi connectivity index (χ3v) is 4.56. The fourth-order valence-electron chi connectivity index (χ4n) is 2.78. The van der Waals surface area contributed by atoms with Crippen LogP contribution in [0.15, 0.2) is 42.5 Å². The molecule has 3 aromatic rings. The number of nitrogens with zero attached hydrogens (tertiary/aromatic N) is 1. The van der Waals surface area contributed by atoms with Crippen molar-refractivity contribution in [3.63, 3.8) is 0 Å². The van der Waals surface area contributed by atoms with E-state index in [1.54, 1.807) is 24.3 Å². The maximum absolute atomic E-state index is 13.0. The number of ether oxygens (including phenoxy) is 1. The molecule has 0 saturated heterocycles. The Morgan fingerprint density at radius 1 is 1.09 bits per heavy atom. The Morgan fingerprint density at radius 3 is 2.59 bits per heavy atom. The Bertz CT molecular complexity index is 1160. The van der Waals surface area contributed by atoms with E-state index in [0.717, 1.165) is 12.1 Å². The van der Waals surface area contributed by atoms with Crippen molar-refractivity contribution >= 4 is 46.0 Å². The number of rotatable bonds is 7. The smallest absolute Gasteiger partial charge is 0.418 e. The van der Waals surface area contributed by atoms with Gasteiger partial charge >= 0.3 is 12.1 Å². The molecule has 3 rings (SSSR count). The number of hydrogen-bond acceptors (Lipinski definition) is 5. The number of aromatic amines is 1. The van der Waals surface area contributed by atoms with Crippen molar-refractivity contribution < 1.29 is 32.3 Å². The normalized spacial score (nSPS) is 11.2. The van der Waals surface area contributed by atoms with E-state index < -0.39 is 41.8 Å². The zero-order valence-corrected chi connectivity index (χ0v) is 17.0. The fourth-order valence-corrected chi connectivity index (χ4v) is 3.00. The van der Waals surface area contributed by atoms with Crippen LogP contribution in [0.1, 0.15) is 22.5 Å². The van der Waals surface area contributed by atoms with Gasteiger partial charge in [0, 0.05) is 11.9 Å². The molecule has 1 heterocycles. The van der Waals surface area contributed by atoms with E-state index in [1.165, 1.54) is 6.07 Å². The zero-order chi connectivity index (χ0) is 23.3. The lowest BCUT2D eigenvalue weighted by atomic mass is 10.1. The highest BCUT2D eigenvalue weighted by molar-refractivity contribution is 6.34. The summed E-state index contributed by atoms with van der Waals surface area (Å²) in [6.07, 6.45) is -5.00. The minimum atomic E-state index is -4.73. The third-order valence-electron chi connectivity index (χ3n) is 4.25. The molecule has 168 valence electrons. The summed E-state index contributed by atoms with van der Waals surface area (Å²) in [7, 11) is 0. The van der Waals surface area contributed by atoms with Crippen LogP contribution in [0.2, 0.25) is 5.02 Å². The highest BCUT2D eigenvalue weighted by atomic mass is 35.5. The van der Waals surface area contributed by atoms with Gasteiger partial charge in [-0.25, -0.2) is 0 Å². The molecular formula is C20H16ClF3N4O4. The van der Waals surface area contributed by atoms with Crippen LogP contribution in [0.3, 0.4) is 0 Å². The van der Waals surface area contributed by atoms with Crippen LogP contribution in [0.25, 0.3) is 10.9 Å². The van der Waals surface area contributed by atoms with Gasteiger partial charge in [0.25, 0.3) is 11.8 Å². The average Bonchev–Trinajstić information content (AvgIpc) is 3.17. The van der Waals surface area contributed by atoms with Crippen molar-refractivity contribution in [2.45, 2.75) is 12.6 Å². The van der Waals surface area contributed by atoms with Crippen LogP contribution >= 0.6 is 11.6 Å². The largest absolute Gasteiger partial charge is 0.456 e. The highest BCUT2D eigenvalue weighted by Crippen LogP contribution is 2.38. The van der Waals surface area contributed by atoms with Crippen LogP contribution in [0.5, 0.6) is 0 Å². The van der Waals surface area contributed by atoms with Gasteiger partial charge in [-0.15, -0.1) is 0 Å². The second kappa shape index (κ2) is 9.69. The van der Waals surface area contributed by atoms with Gasteiger partial charge in [-0.05, 0) is 18.2 Å². The Balaban J connectivity index is 1.46. The number of halogens is 4. The van der Waals surface area contributed by atoms with Crippen molar-refractivity contribution in [2.24, 2.45) is 0 Å². The van der Waals surface area contributed by atoms with Gasteiger partial charge in [-0.3, -0.25) is 19.5 Å². The maximum Gasteiger partial charge on any atom is 0.418 e. The molecular weight excluding hydrogens is 453 g/mol. The predicted octanol–water partition coefficient (Wildman–Crippen LogP) is 3.54. The number of para-hydroxylation sites is 2. The second-order valence-electron chi connectivity index (χ2n) is 6.49. The minimum Gasteiger partial charge on any atom is -0.456 e. The van der Waals surface area contributed by atoms with E-state index in [4.69, 9.17) is 16.3 Å². The maximum atomic E-state index is 13.0. The Labute approximate surface area is 184 Å². The predicted molar refractivity (Wildman–Crippen MR) is 109 cm³/mol. The number of aromatic nitrogens is 2. The quantitative estimate of drug-likeness (QED) is 0.459. The average molecular weight is 469 g/mol. The molecule has 0 aliphatic carbocycles. The van der Waals surface area contributed by atoms with Crippen molar-refractivity contribution in [3.05, 3.63) is 58.7 Å². The van der Waals surface area contributed by atoms with Crippen molar-refractivity contribution in [1.29, 1.82) is 0 Å². The summed E-state index contributed by atoms with van der Waals surface area (Å²) in [6, 6.07) is 10.0. The lowest BCUT2D eigenvalue weighted by Gasteiger charge is -2.15. The number of alkyl halides is 3. The summed E-state index contributed by atoms with van der Waals surface area (Å²) in [6.45, 7) is -0.914. The summed E-state index contributed by atoms with van der Waals surface area (Å²) >= 11 is 5.75. The summed E-state index contributed by atoms with van der Waals surface area (Å²) in [5, 5.41) is 11.4. The van der Waals surface area contributed by atoms with E-state index in [-0.39, 0.29) is 23.7 Å². The van der Waals surface area contributed by atoms with E-state index >= 15 is 0 Å². The first-order valence-corrected chi connectivity index (χ1v) is 9.57. The zero-order valence-electron chi connectivity index (χ0n) is 16.3. The highest BCUT2D eigenvalue weighted by Gasteiger charge is 2.34. The van der Waals surface area contributed by atoms with Gasteiger partial charge < -0.3 is 15.4 Å². The standard InChI is InChI=1S/C20H16ClF3N4O4/c21-13-6-3-5-12(20(22,23)24)18(13)26-15(29)10-32-16(30)8-9-25-19(31)17-11-4-1-2-7-14(11)27-28-17/h1-7H,8-10H2,(H,25,31)(H,26,29)(H,27,28). The number of carbonyl (C=O) groups excluding carboxylic acids is 3. The molecule has 0 aliphatic rings. The first-order chi connectivity index (χ1) is 15.2. The first kappa shape index (κ1) is 23.1. The van der Waals surface area contributed by atoms with Crippen molar-refractivity contribution in [1.82, 2.24) is 15.5 Å². The number of H-pyrrole nitrogens is 1. The molecule has 8 nitrogen and oxygen atoms in total. The Kier molecular flexibility index (Phi) is 6.98. The third kappa shape index (κ3) is 5.55. The SMILES string of the molecule is O=C(COC(=O)CCNC(=O)c1n[nH]c2ccccc12)Nc1c(Cl)cccc1C(F)(F)F. The fraction of sp³-hybridized carbons (Fsp3) is 0.200. The molecule has 0 aliphatic heterocycles. The number of benzene rings is 2. The van der Waals surface area contributed by atoms with Gasteiger partial charge in [-0.1, -0.05) is 35.9 Å². The molecule has 1 aromatic heterocycles. The van der Waals surface area contributed by atoms with Crippen LogP contribution < -0.4 is 10.6 Å². The van der Waals surface area contributed by atoms with E-state index in [0.29, 0.717) is 10.9 Å². The summed E-state index contributed by atoms with van der Waals surface area (Å²) in [5.74, 6) is -2.34. The number of fused-ring (bicyclic) bond motifs is 1. The molecule has 2 aromatic carbocycles. The molecule has 0 bridgehead atoms. The molecule has 0 spiro atoms. The molecule has 0 atom stereocenters. The van der Waals surface area contributed by atoms with Crippen LogP contribution in [-0.2, 0) is 20.5 Å². The number of carbonyl (C=O) groups is 3. The Morgan fingerprint density at radius 2 is 1.84 bits per heavy atom. The van der Waals surface area contributed by atoms with Gasteiger partial charge in [0.1, 0.15) is 0 Å². The van der Waals surface area contributed by atoms with Crippen molar-refractivity contribution in [3.8, 4) is 0 Å². The summed E-state index contributed by atoms with van der Waals surface area (Å²) in [5.41, 5.74) is -0.914. The molecule has 0 fully saturated rings. The molecule has 12 heteroatoms. The number of nitrogens with one attached hydrogen (secondary N) is 3. The van der Waals surface area contributed by atoms with Crippen LogP contribution in [-0.4, -0.2) is 41.1 Å². The molecule has 0 radical (unpaired) electrons. The molecule has 0 saturated carbocycles. The number of hydrogen-bond donors (Lipinski definition) is 3.